The van der Waals surface area contributed by atoms with Gasteiger partial charge < -0.3 is 9.84 Å². The van der Waals surface area contributed by atoms with Crippen molar-refractivity contribution in [2.45, 2.75) is 0 Å². The van der Waals surface area contributed by atoms with Crippen molar-refractivity contribution in [2.75, 3.05) is 6.61 Å². The Balaban J connectivity index is 1.90. The molecule has 0 aromatic heterocycles. The Morgan fingerprint density at radius 1 is 1.33 bits per heavy atom. The summed E-state index contributed by atoms with van der Waals surface area (Å²) in [5.74, 6) is -0.879. The van der Waals surface area contributed by atoms with E-state index in [2.05, 4.69) is 10.5 Å². The van der Waals surface area contributed by atoms with Crippen LogP contribution in [0.15, 0.2) is 47.6 Å². The van der Waals surface area contributed by atoms with Gasteiger partial charge in [0.25, 0.3) is 11.6 Å². The normalized spacial score (nSPS) is 10.5. The molecule has 0 fully saturated rings. The van der Waals surface area contributed by atoms with Crippen LogP contribution in [0.4, 0.5) is 5.69 Å². The molecule has 0 aliphatic rings. The topological polar surface area (TPSA) is 117 Å². The molecule has 0 bridgehead atoms. The molecule has 124 valence electrons. The summed E-state index contributed by atoms with van der Waals surface area (Å²) in [6.07, 6.45) is 1.18. The summed E-state index contributed by atoms with van der Waals surface area (Å²) in [6.45, 7) is -0.305. The van der Waals surface area contributed by atoms with Gasteiger partial charge in [-0.3, -0.25) is 14.9 Å². The van der Waals surface area contributed by atoms with Gasteiger partial charge in [0.05, 0.1) is 16.2 Å². The van der Waals surface area contributed by atoms with Gasteiger partial charge in [0.15, 0.2) is 6.61 Å². The van der Waals surface area contributed by atoms with Gasteiger partial charge in [-0.05, 0) is 17.9 Å². The quantitative estimate of drug-likeness (QED) is 0.485. The predicted molar refractivity (Wildman–Crippen MR) is 85.2 cm³/mol. The number of benzene rings is 2. The molecule has 24 heavy (non-hydrogen) atoms. The number of nitro groups is 1. The molecule has 0 saturated carbocycles. The summed E-state index contributed by atoms with van der Waals surface area (Å²) in [5.41, 5.74) is 1.94. The monoisotopic (exact) mass is 348 g/mol. The van der Waals surface area contributed by atoms with Crippen molar-refractivity contribution in [3.05, 3.63) is 63.2 Å². The minimum Gasteiger partial charge on any atom is -0.868 e. The summed E-state index contributed by atoms with van der Waals surface area (Å²) >= 11 is 5.88. The molecule has 0 spiro atoms. The van der Waals surface area contributed by atoms with Crippen molar-refractivity contribution in [3.63, 3.8) is 0 Å². The molecule has 0 heterocycles. The van der Waals surface area contributed by atoms with Crippen LogP contribution >= 0.6 is 11.6 Å². The molecular weight excluding hydrogens is 338 g/mol. The zero-order valence-corrected chi connectivity index (χ0v) is 12.9. The number of rotatable bonds is 6. The summed E-state index contributed by atoms with van der Waals surface area (Å²) in [4.78, 5) is 21.5. The first-order valence-electron chi connectivity index (χ1n) is 6.62. The molecule has 0 aliphatic heterocycles. The molecule has 1 N–H and O–H groups in total. The lowest BCUT2D eigenvalue weighted by Gasteiger charge is -2.07. The number of hydrogen-bond donors (Lipinski definition) is 1. The number of carbonyl (C=O) groups is 1. The number of ether oxygens (including phenoxy) is 1. The maximum absolute atomic E-state index is 11.6. The molecule has 0 aliphatic carbocycles. The number of amides is 1. The van der Waals surface area contributed by atoms with E-state index in [1.165, 1.54) is 12.3 Å². The number of hydrogen-bond acceptors (Lipinski definition) is 6. The zero-order valence-electron chi connectivity index (χ0n) is 12.1. The standard InChI is InChI=1S/C15H12ClN3O5/c16-11-3-1-2-4-14(11)24-9-15(21)18-17-8-10-5-6-13(20)12(7-10)19(22)23/h1-8,20H,9H2,(H,18,21)/p-1/b17-8-. The van der Waals surface area contributed by atoms with Gasteiger partial charge in [0.2, 0.25) is 0 Å². The predicted octanol–water partition coefficient (Wildman–Crippen LogP) is 1.85. The van der Waals surface area contributed by atoms with Crippen molar-refractivity contribution < 1.29 is 19.6 Å². The molecule has 0 atom stereocenters. The molecular formula is C15H11ClN3O5-. The van der Waals surface area contributed by atoms with Gasteiger partial charge in [0.1, 0.15) is 5.75 Å². The molecule has 2 rings (SSSR count). The number of nitrogens with zero attached hydrogens (tertiary/aromatic N) is 2. The van der Waals surface area contributed by atoms with Gasteiger partial charge in [0, 0.05) is 11.6 Å². The third-order valence-corrected chi connectivity index (χ3v) is 3.09. The third-order valence-electron chi connectivity index (χ3n) is 2.78. The number of para-hydroxylation sites is 1. The molecule has 8 nitrogen and oxygen atoms in total. The average Bonchev–Trinajstić information content (AvgIpc) is 2.55. The Bertz CT molecular complexity index is 794. The van der Waals surface area contributed by atoms with Crippen LogP contribution in [0, 0.1) is 10.1 Å². The summed E-state index contributed by atoms with van der Waals surface area (Å²) in [7, 11) is 0. The third kappa shape index (κ3) is 4.68. The molecule has 2 aromatic carbocycles. The van der Waals surface area contributed by atoms with Crippen LogP contribution in [0.5, 0.6) is 11.5 Å². The highest BCUT2D eigenvalue weighted by Crippen LogP contribution is 2.23. The number of hydrazone groups is 1. The fourth-order valence-corrected chi connectivity index (χ4v) is 1.86. The van der Waals surface area contributed by atoms with Crippen molar-refractivity contribution in [2.24, 2.45) is 5.10 Å². The van der Waals surface area contributed by atoms with Crippen LogP contribution < -0.4 is 15.3 Å². The second-order valence-corrected chi connectivity index (χ2v) is 4.90. The van der Waals surface area contributed by atoms with Gasteiger partial charge in [-0.25, -0.2) is 5.43 Å². The van der Waals surface area contributed by atoms with E-state index in [0.717, 1.165) is 12.1 Å². The second-order valence-electron chi connectivity index (χ2n) is 4.50. The van der Waals surface area contributed by atoms with Crippen molar-refractivity contribution >= 4 is 29.4 Å². The summed E-state index contributed by atoms with van der Waals surface area (Å²) < 4.78 is 5.22. The summed E-state index contributed by atoms with van der Waals surface area (Å²) in [5, 5.41) is 25.9. The number of halogens is 1. The molecule has 1 amide bonds. The highest BCUT2D eigenvalue weighted by Gasteiger charge is 2.07. The minimum absolute atomic E-state index is 0.300. The Kier molecular flexibility index (Phi) is 5.69. The Morgan fingerprint density at radius 3 is 2.79 bits per heavy atom. The maximum Gasteiger partial charge on any atom is 0.277 e. The fourth-order valence-electron chi connectivity index (χ4n) is 1.67. The average molecular weight is 349 g/mol. The van der Waals surface area contributed by atoms with Gasteiger partial charge in [-0.1, -0.05) is 35.9 Å². The van der Waals surface area contributed by atoms with Crippen molar-refractivity contribution in [1.82, 2.24) is 5.43 Å². The van der Waals surface area contributed by atoms with E-state index in [1.54, 1.807) is 24.3 Å². The Morgan fingerprint density at radius 2 is 2.08 bits per heavy atom. The van der Waals surface area contributed by atoms with Crippen LogP contribution in [0.2, 0.25) is 5.02 Å². The van der Waals surface area contributed by atoms with E-state index >= 15 is 0 Å². The first-order valence-corrected chi connectivity index (χ1v) is 7.00. The SMILES string of the molecule is O=C(COc1ccccc1Cl)N/N=C\c1ccc([O-])c([N+](=O)[O-])c1. The van der Waals surface area contributed by atoms with Crippen LogP contribution in [0.3, 0.4) is 0 Å². The van der Waals surface area contributed by atoms with Gasteiger partial charge in [-0.2, -0.15) is 5.10 Å². The molecule has 0 radical (unpaired) electrons. The second kappa shape index (κ2) is 7.93. The number of carbonyl (C=O) groups excluding carboxylic acids is 1. The molecule has 0 saturated heterocycles. The zero-order chi connectivity index (χ0) is 17.5. The van der Waals surface area contributed by atoms with Crippen LogP contribution in [-0.4, -0.2) is 23.7 Å². The Labute approximate surface area is 141 Å². The van der Waals surface area contributed by atoms with E-state index in [4.69, 9.17) is 16.3 Å². The first-order chi connectivity index (χ1) is 11.5. The van der Waals surface area contributed by atoms with Gasteiger partial charge >= 0.3 is 0 Å². The highest BCUT2D eigenvalue weighted by molar-refractivity contribution is 6.32. The molecule has 2 aromatic rings. The smallest absolute Gasteiger partial charge is 0.277 e. The van der Waals surface area contributed by atoms with Crippen LogP contribution in [0.1, 0.15) is 5.56 Å². The van der Waals surface area contributed by atoms with E-state index in [1.807, 2.05) is 0 Å². The minimum atomic E-state index is -0.782. The lowest BCUT2D eigenvalue weighted by molar-refractivity contribution is -0.398. The first kappa shape index (κ1) is 17.2. The Hall–Kier alpha value is -3.13. The lowest BCUT2D eigenvalue weighted by atomic mass is 10.2. The lowest BCUT2D eigenvalue weighted by Crippen LogP contribution is -2.24. The largest absolute Gasteiger partial charge is 0.868 e. The van der Waals surface area contributed by atoms with E-state index in [9.17, 15) is 20.0 Å². The van der Waals surface area contributed by atoms with E-state index < -0.39 is 22.3 Å². The van der Waals surface area contributed by atoms with Crippen molar-refractivity contribution in [1.29, 1.82) is 0 Å². The van der Waals surface area contributed by atoms with E-state index in [0.29, 0.717) is 16.3 Å². The molecule has 0 unspecified atom stereocenters. The van der Waals surface area contributed by atoms with Crippen LogP contribution in [0.25, 0.3) is 0 Å². The summed E-state index contributed by atoms with van der Waals surface area (Å²) in [6, 6.07) is 10.2. The fraction of sp³-hybridized carbons (Fsp3) is 0.0667. The van der Waals surface area contributed by atoms with Gasteiger partial charge in [-0.15, -0.1) is 0 Å². The van der Waals surface area contributed by atoms with Crippen molar-refractivity contribution in [3.8, 4) is 11.5 Å². The maximum atomic E-state index is 11.6. The number of nitro benzene ring substituents is 1. The number of nitrogens with one attached hydrogen (secondary N) is 1. The highest BCUT2D eigenvalue weighted by atomic mass is 35.5. The van der Waals surface area contributed by atoms with E-state index in [-0.39, 0.29) is 6.61 Å². The molecule has 9 heteroatoms. The van der Waals surface area contributed by atoms with Crippen LogP contribution in [-0.2, 0) is 4.79 Å².